The Morgan fingerprint density at radius 1 is 1.20 bits per heavy atom. The van der Waals surface area contributed by atoms with E-state index in [1.807, 2.05) is 38.4 Å². The third-order valence-corrected chi connectivity index (χ3v) is 4.77. The van der Waals surface area contributed by atoms with Gasteiger partial charge in [-0.25, -0.2) is 9.97 Å². The maximum Gasteiger partial charge on any atom is 0.187 e. The van der Waals surface area contributed by atoms with Gasteiger partial charge in [-0.2, -0.15) is 0 Å². The maximum absolute atomic E-state index is 5.80. The lowest BCUT2D eigenvalue weighted by Gasteiger charge is -2.28. The van der Waals surface area contributed by atoms with E-state index in [9.17, 15) is 0 Å². The minimum atomic E-state index is 0.662. The Balaban J connectivity index is 1.76. The molecular weight excluding hydrogens is 334 g/mol. The highest BCUT2D eigenvalue weighted by molar-refractivity contribution is 7.98. The summed E-state index contributed by atoms with van der Waals surface area (Å²) in [5.41, 5.74) is 3.57. The molecule has 0 radical (unpaired) electrons. The summed E-state index contributed by atoms with van der Waals surface area (Å²) in [4.78, 5) is 11.5. The summed E-state index contributed by atoms with van der Waals surface area (Å²) in [5.74, 6) is 1.83. The van der Waals surface area contributed by atoms with Crippen LogP contribution >= 0.6 is 11.8 Å². The molecule has 25 heavy (non-hydrogen) atoms. The minimum absolute atomic E-state index is 0.662. The van der Waals surface area contributed by atoms with Gasteiger partial charge in [0.1, 0.15) is 11.5 Å². The Bertz CT molecular complexity index is 724. The molecule has 0 unspecified atom stereocenters. The van der Waals surface area contributed by atoms with Crippen molar-refractivity contribution in [2.75, 3.05) is 26.0 Å². The number of thioether (sulfide) groups is 1. The normalized spacial score (nSPS) is 14.2. The van der Waals surface area contributed by atoms with Crippen molar-refractivity contribution >= 4 is 11.8 Å². The van der Waals surface area contributed by atoms with Gasteiger partial charge in [-0.1, -0.05) is 11.8 Å². The van der Waals surface area contributed by atoms with Crippen molar-refractivity contribution in [2.24, 2.45) is 0 Å². The third kappa shape index (κ3) is 4.44. The lowest BCUT2D eigenvalue weighted by molar-refractivity contribution is 0.235. The van der Waals surface area contributed by atoms with Crippen molar-refractivity contribution in [1.82, 2.24) is 14.9 Å². The molecule has 5 nitrogen and oxygen atoms in total. The fraction of sp³-hybridized carbons (Fsp3) is 0.474. The van der Waals surface area contributed by atoms with E-state index in [1.54, 1.807) is 11.8 Å². The van der Waals surface area contributed by atoms with Gasteiger partial charge >= 0.3 is 0 Å². The molecule has 0 atom stereocenters. The van der Waals surface area contributed by atoms with E-state index in [-0.39, 0.29) is 0 Å². The van der Waals surface area contributed by atoms with Crippen LogP contribution in [-0.2, 0) is 19.5 Å². The standard InChI is InChI=1S/C19H25N3O2S/c1-4-23-16-6-7-18(24-5-2)14(10-16)12-22-9-8-17-15(13-22)11-20-19(21-17)25-3/h6-7,10-11H,4-5,8-9,12-13H2,1-3H3. The molecule has 6 heteroatoms. The smallest absolute Gasteiger partial charge is 0.187 e. The Morgan fingerprint density at radius 2 is 2.04 bits per heavy atom. The number of hydrogen-bond donors (Lipinski definition) is 0. The van der Waals surface area contributed by atoms with Gasteiger partial charge in [-0.3, -0.25) is 4.90 Å². The fourth-order valence-corrected chi connectivity index (χ4v) is 3.42. The van der Waals surface area contributed by atoms with Crippen molar-refractivity contribution in [3.8, 4) is 11.5 Å². The lowest BCUT2D eigenvalue weighted by Crippen LogP contribution is -2.31. The Hall–Kier alpha value is -1.79. The summed E-state index contributed by atoms with van der Waals surface area (Å²) < 4.78 is 11.5. The molecule has 134 valence electrons. The van der Waals surface area contributed by atoms with E-state index in [2.05, 4.69) is 20.9 Å². The number of fused-ring (bicyclic) bond motifs is 1. The minimum Gasteiger partial charge on any atom is -0.494 e. The lowest BCUT2D eigenvalue weighted by atomic mass is 10.1. The molecule has 0 aliphatic carbocycles. The molecule has 3 rings (SSSR count). The zero-order chi connectivity index (χ0) is 17.6. The first-order valence-corrected chi connectivity index (χ1v) is 9.95. The molecule has 0 spiro atoms. The van der Waals surface area contributed by atoms with Crippen molar-refractivity contribution in [2.45, 2.75) is 38.5 Å². The fourth-order valence-electron chi connectivity index (χ4n) is 3.06. The summed E-state index contributed by atoms with van der Waals surface area (Å²) >= 11 is 1.59. The van der Waals surface area contributed by atoms with E-state index in [1.165, 1.54) is 11.3 Å². The summed E-state index contributed by atoms with van der Waals surface area (Å²) in [6, 6.07) is 6.08. The topological polar surface area (TPSA) is 47.5 Å². The summed E-state index contributed by atoms with van der Waals surface area (Å²) in [7, 11) is 0. The second-order valence-corrected chi connectivity index (χ2v) is 6.70. The summed E-state index contributed by atoms with van der Waals surface area (Å²) in [5, 5.41) is 0.857. The molecule has 0 saturated heterocycles. The van der Waals surface area contributed by atoms with Gasteiger partial charge in [-0.15, -0.1) is 0 Å². The number of rotatable bonds is 7. The molecule has 1 aliphatic heterocycles. The molecule has 2 heterocycles. The zero-order valence-corrected chi connectivity index (χ0v) is 15.9. The van der Waals surface area contributed by atoms with Crippen LogP contribution in [0, 0.1) is 0 Å². The molecule has 2 aromatic rings. The van der Waals surface area contributed by atoms with E-state index >= 15 is 0 Å². The van der Waals surface area contributed by atoms with Crippen LogP contribution in [0.1, 0.15) is 30.7 Å². The zero-order valence-electron chi connectivity index (χ0n) is 15.1. The third-order valence-electron chi connectivity index (χ3n) is 4.21. The number of nitrogens with zero attached hydrogens (tertiary/aromatic N) is 3. The molecule has 0 amide bonds. The summed E-state index contributed by atoms with van der Waals surface area (Å²) in [6.07, 6.45) is 4.94. The van der Waals surface area contributed by atoms with Crippen molar-refractivity contribution < 1.29 is 9.47 Å². The predicted octanol–water partition coefficient (Wildman–Crippen LogP) is 3.55. The van der Waals surface area contributed by atoms with Crippen LogP contribution in [0.2, 0.25) is 0 Å². The van der Waals surface area contributed by atoms with Gasteiger partial charge < -0.3 is 9.47 Å². The highest BCUT2D eigenvalue weighted by atomic mass is 32.2. The van der Waals surface area contributed by atoms with E-state index in [0.717, 1.165) is 48.3 Å². The highest BCUT2D eigenvalue weighted by Crippen LogP contribution is 2.28. The first-order valence-electron chi connectivity index (χ1n) is 8.73. The Labute approximate surface area is 153 Å². The largest absolute Gasteiger partial charge is 0.494 e. The maximum atomic E-state index is 5.80. The van der Waals surface area contributed by atoms with Gasteiger partial charge in [0.05, 0.1) is 18.9 Å². The van der Waals surface area contributed by atoms with Crippen LogP contribution in [0.3, 0.4) is 0 Å². The first kappa shape index (κ1) is 18.0. The molecule has 1 aromatic carbocycles. The number of ether oxygens (including phenoxy) is 2. The molecule has 1 aromatic heterocycles. The van der Waals surface area contributed by atoms with E-state index < -0.39 is 0 Å². The Morgan fingerprint density at radius 3 is 2.80 bits per heavy atom. The second-order valence-electron chi connectivity index (χ2n) is 5.92. The SMILES string of the molecule is CCOc1ccc(OCC)c(CN2CCc3nc(SC)ncc3C2)c1. The monoisotopic (exact) mass is 359 g/mol. The van der Waals surface area contributed by atoms with Crippen LogP contribution in [0.25, 0.3) is 0 Å². The number of aromatic nitrogens is 2. The van der Waals surface area contributed by atoms with E-state index in [0.29, 0.717) is 13.2 Å². The average molecular weight is 359 g/mol. The number of hydrogen-bond acceptors (Lipinski definition) is 6. The van der Waals surface area contributed by atoms with Gasteiger partial charge in [-0.05, 0) is 38.3 Å². The number of benzene rings is 1. The van der Waals surface area contributed by atoms with Crippen LogP contribution in [0.5, 0.6) is 11.5 Å². The molecule has 0 fully saturated rings. The Kier molecular flexibility index (Phi) is 6.15. The van der Waals surface area contributed by atoms with Crippen LogP contribution < -0.4 is 9.47 Å². The second kappa shape index (κ2) is 8.54. The van der Waals surface area contributed by atoms with Gasteiger partial charge in [0.25, 0.3) is 0 Å². The van der Waals surface area contributed by atoms with Gasteiger partial charge in [0.15, 0.2) is 5.16 Å². The first-order chi connectivity index (χ1) is 12.2. The van der Waals surface area contributed by atoms with Gasteiger partial charge in [0.2, 0.25) is 0 Å². The van der Waals surface area contributed by atoms with Crippen LogP contribution in [0.4, 0.5) is 0 Å². The summed E-state index contributed by atoms with van der Waals surface area (Å²) in [6.45, 7) is 8.03. The molecule has 0 bridgehead atoms. The van der Waals surface area contributed by atoms with Crippen molar-refractivity contribution in [3.63, 3.8) is 0 Å². The molecule has 0 saturated carbocycles. The highest BCUT2D eigenvalue weighted by Gasteiger charge is 2.20. The average Bonchev–Trinajstić information content (AvgIpc) is 2.64. The molecular formula is C19H25N3O2S. The molecule has 1 aliphatic rings. The van der Waals surface area contributed by atoms with Crippen LogP contribution in [-0.4, -0.2) is 40.9 Å². The van der Waals surface area contributed by atoms with Crippen molar-refractivity contribution in [1.29, 1.82) is 0 Å². The van der Waals surface area contributed by atoms with Gasteiger partial charge in [0, 0.05) is 43.4 Å². The van der Waals surface area contributed by atoms with E-state index in [4.69, 9.17) is 9.47 Å². The van der Waals surface area contributed by atoms with Crippen LogP contribution in [0.15, 0.2) is 29.6 Å². The quantitative estimate of drug-likeness (QED) is 0.556. The van der Waals surface area contributed by atoms with Crippen molar-refractivity contribution in [3.05, 3.63) is 41.2 Å². The molecule has 0 N–H and O–H groups in total. The predicted molar refractivity (Wildman–Crippen MR) is 100 cm³/mol.